The summed E-state index contributed by atoms with van der Waals surface area (Å²) in [5, 5.41) is 3.27. The number of halogens is 1. The van der Waals surface area contributed by atoms with E-state index in [1.165, 1.54) is 42.5 Å². The smallest absolute Gasteiger partial charge is 0.0299 e. The van der Waals surface area contributed by atoms with Crippen molar-refractivity contribution in [3.8, 4) is 0 Å². The molecule has 0 aliphatic heterocycles. The van der Waals surface area contributed by atoms with E-state index in [9.17, 15) is 0 Å². The molecule has 0 saturated heterocycles. The molecule has 1 rings (SSSR count). The maximum atomic E-state index is 3.44. The molecule has 0 bridgehead atoms. The van der Waals surface area contributed by atoms with Gasteiger partial charge in [-0.25, -0.2) is 0 Å². The predicted molar refractivity (Wildman–Crippen MR) is 79.6 cm³/mol. The van der Waals surface area contributed by atoms with E-state index in [4.69, 9.17) is 0 Å². The molecule has 0 saturated carbocycles. The lowest BCUT2D eigenvalue weighted by Gasteiger charge is -2.00. The van der Waals surface area contributed by atoms with Crippen molar-refractivity contribution in [3.05, 3.63) is 28.0 Å². The first-order valence-corrected chi connectivity index (χ1v) is 8.17. The topological polar surface area (TPSA) is 0 Å². The Kier molecular flexibility index (Phi) is 7.87. The van der Waals surface area contributed by atoms with Gasteiger partial charge in [-0.05, 0) is 42.3 Å². The second-order valence-corrected chi connectivity index (χ2v) is 5.74. The highest BCUT2D eigenvalue weighted by molar-refractivity contribution is 9.09. The average molecular weight is 301 g/mol. The van der Waals surface area contributed by atoms with Crippen molar-refractivity contribution in [2.75, 3.05) is 5.33 Å². The standard InChI is InChI=1S/C14H21BrS/c1-2-3-4-5-8-13-10-12-16-14(13)9-6-7-11-15/h6,9-10,12H,2-5,7-8,11H2,1H3. The van der Waals surface area contributed by atoms with Crippen LogP contribution >= 0.6 is 27.3 Å². The molecule has 0 nitrogen and oxygen atoms in total. The van der Waals surface area contributed by atoms with Gasteiger partial charge in [0, 0.05) is 10.2 Å². The molecule has 0 radical (unpaired) electrons. The summed E-state index contributed by atoms with van der Waals surface area (Å²) in [6, 6.07) is 2.28. The van der Waals surface area contributed by atoms with Gasteiger partial charge in [-0.15, -0.1) is 11.3 Å². The fourth-order valence-corrected chi connectivity index (χ4v) is 2.84. The second-order valence-electron chi connectivity index (χ2n) is 4.00. The molecule has 0 spiro atoms. The Morgan fingerprint density at radius 3 is 2.94 bits per heavy atom. The summed E-state index contributed by atoms with van der Waals surface area (Å²) in [6.07, 6.45) is 12.3. The highest BCUT2D eigenvalue weighted by Crippen LogP contribution is 2.21. The van der Waals surface area contributed by atoms with Crippen LogP contribution in [-0.4, -0.2) is 5.33 Å². The van der Waals surface area contributed by atoms with Crippen LogP contribution in [0, 0.1) is 0 Å². The van der Waals surface area contributed by atoms with Gasteiger partial charge >= 0.3 is 0 Å². The summed E-state index contributed by atoms with van der Waals surface area (Å²) in [7, 11) is 0. The molecule has 0 aliphatic carbocycles. The number of rotatable bonds is 8. The van der Waals surface area contributed by atoms with Crippen molar-refractivity contribution in [2.45, 2.75) is 45.4 Å². The lowest BCUT2D eigenvalue weighted by atomic mass is 10.1. The van der Waals surface area contributed by atoms with E-state index in [1.54, 1.807) is 0 Å². The highest BCUT2D eigenvalue weighted by Gasteiger charge is 2.00. The van der Waals surface area contributed by atoms with Gasteiger partial charge in [0.15, 0.2) is 0 Å². The zero-order valence-corrected chi connectivity index (χ0v) is 12.4. The normalized spacial score (nSPS) is 11.4. The van der Waals surface area contributed by atoms with E-state index < -0.39 is 0 Å². The summed E-state index contributed by atoms with van der Waals surface area (Å²) in [6.45, 7) is 2.26. The van der Waals surface area contributed by atoms with Crippen LogP contribution in [0.25, 0.3) is 6.08 Å². The molecule has 0 amide bonds. The van der Waals surface area contributed by atoms with E-state index in [0.29, 0.717) is 0 Å². The first kappa shape index (κ1) is 14.0. The Morgan fingerprint density at radius 1 is 1.31 bits per heavy atom. The lowest BCUT2D eigenvalue weighted by molar-refractivity contribution is 0.667. The van der Waals surface area contributed by atoms with Crippen molar-refractivity contribution in [1.29, 1.82) is 0 Å². The Bertz CT molecular complexity index is 301. The summed E-state index contributed by atoms with van der Waals surface area (Å²) >= 11 is 5.31. The van der Waals surface area contributed by atoms with Crippen molar-refractivity contribution in [2.24, 2.45) is 0 Å². The number of allylic oxidation sites excluding steroid dienone is 1. The highest BCUT2D eigenvalue weighted by atomic mass is 79.9. The third kappa shape index (κ3) is 5.31. The van der Waals surface area contributed by atoms with E-state index in [2.05, 4.69) is 46.5 Å². The fourth-order valence-electron chi connectivity index (χ4n) is 1.70. The molecule has 1 heterocycles. The van der Waals surface area contributed by atoms with E-state index >= 15 is 0 Å². The average Bonchev–Trinajstić information content (AvgIpc) is 2.73. The fraction of sp³-hybridized carbons (Fsp3) is 0.571. The van der Waals surface area contributed by atoms with Crippen molar-refractivity contribution >= 4 is 33.3 Å². The summed E-state index contributed by atoms with van der Waals surface area (Å²) in [5.74, 6) is 0. The monoisotopic (exact) mass is 300 g/mol. The number of unbranched alkanes of at least 4 members (excludes halogenated alkanes) is 3. The molecule has 16 heavy (non-hydrogen) atoms. The van der Waals surface area contributed by atoms with Crippen LogP contribution in [0.5, 0.6) is 0 Å². The molecular formula is C14H21BrS. The number of thiophene rings is 1. The molecule has 0 unspecified atom stereocenters. The van der Waals surface area contributed by atoms with Crippen LogP contribution < -0.4 is 0 Å². The first-order valence-electron chi connectivity index (χ1n) is 6.17. The van der Waals surface area contributed by atoms with Gasteiger partial charge in [0.2, 0.25) is 0 Å². The molecule has 2 heteroatoms. The quantitative estimate of drug-likeness (QED) is 0.429. The van der Waals surface area contributed by atoms with E-state index in [0.717, 1.165) is 11.8 Å². The molecule has 0 fully saturated rings. The largest absolute Gasteiger partial charge is 0.144 e. The first-order chi connectivity index (χ1) is 7.88. The number of alkyl halides is 1. The second kappa shape index (κ2) is 9.00. The third-order valence-electron chi connectivity index (χ3n) is 2.63. The third-order valence-corrected chi connectivity index (χ3v) is 4.01. The maximum Gasteiger partial charge on any atom is 0.0299 e. The van der Waals surface area contributed by atoms with Gasteiger partial charge in [-0.3, -0.25) is 0 Å². The van der Waals surface area contributed by atoms with Gasteiger partial charge in [-0.2, -0.15) is 0 Å². The molecule has 0 aliphatic rings. The summed E-state index contributed by atoms with van der Waals surface area (Å²) < 4.78 is 0. The van der Waals surface area contributed by atoms with Gasteiger partial charge in [-0.1, -0.05) is 48.2 Å². The van der Waals surface area contributed by atoms with Crippen LogP contribution in [0.1, 0.15) is 49.5 Å². The minimum absolute atomic E-state index is 1.06. The SMILES string of the molecule is CCCCCCc1ccsc1C=CCCBr. The Morgan fingerprint density at radius 2 is 2.19 bits per heavy atom. The van der Waals surface area contributed by atoms with Crippen molar-refractivity contribution in [3.63, 3.8) is 0 Å². The van der Waals surface area contributed by atoms with Gasteiger partial charge in [0.1, 0.15) is 0 Å². The summed E-state index contributed by atoms with van der Waals surface area (Å²) in [5.41, 5.74) is 1.53. The molecule has 0 N–H and O–H groups in total. The number of hydrogen-bond donors (Lipinski definition) is 0. The van der Waals surface area contributed by atoms with Crippen LogP contribution in [0.2, 0.25) is 0 Å². The molecule has 1 aromatic rings. The van der Waals surface area contributed by atoms with Crippen molar-refractivity contribution in [1.82, 2.24) is 0 Å². The Labute approximate surface area is 112 Å². The minimum Gasteiger partial charge on any atom is -0.144 e. The van der Waals surface area contributed by atoms with Gasteiger partial charge in [0.05, 0.1) is 0 Å². The van der Waals surface area contributed by atoms with Gasteiger partial charge in [0.25, 0.3) is 0 Å². The zero-order valence-electron chi connectivity index (χ0n) is 10.0. The van der Waals surface area contributed by atoms with Gasteiger partial charge < -0.3 is 0 Å². The lowest BCUT2D eigenvalue weighted by Crippen LogP contribution is -1.85. The zero-order chi connectivity index (χ0) is 11.6. The molecule has 0 atom stereocenters. The maximum absolute atomic E-state index is 3.44. The Hall–Kier alpha value is -0.0800. The van der Waals surface area contributed by atoms with E-state index in [1.807, 2.05) is 11.3 Å². The number of hydrogen-bond acceptors (Lipinski definition) is 1. The molecular weight excluding hydrogens is 280 g/mol. The Balaban J connectivity index is 2.38. The molecule has 90 valence electrons. The minimum atomic E-state index is 1.06. The summed E-state index contributed by atoms with van der Waals surface area (Å²) in [4.78, 5) is 1.46. The predicted octanol–water partition coefficient (Wildman–Crippen LogP) is 5.67. The van der Waals surface area contributed by atoms with Crippen LogP contribution in [0.4, 0.5) is 0 Å². The molecule has 1 aromatic heterocycles. The molecule has 0 aromatic carbocycles. The van der Waals surface area contributed by atoms with Crippen LogP contribution in [-0.2, 0) is 6.42 Å². The number of aryl methyl sites for hydroxylation is 1. The van der Waals surface area contributed by atoms with E-state index in [-0.39, 0.29) is 0 Å². The van der Waals surface area contributed by atoms with Crippen LogP contribution in [0.15, 0.2) is 17.5 Å². The van der Waals surface area contributed by atoms with Crippen LogP contribution in [0.3, 0.4) is 0 Å². The van der Waals surface area contributed by atoms with Crippen molar-refractivity contribution < 1.29 is 0 Å².